The number of fused-ring (bicyclic) bond motifs is 2. The molecule has 2 aromatic carbocycles. The molecule has 0 radical (unpaired) electrons. The maximum atomic E-state index is 12.9. The van der Waals surface area contributed by atoms with Gasteiger partial charge in [-0.15, -0.1) is 0 Å². The summed E-state index contributed by atoms with van der Waals surface area (Å²) in [5, 5.41) is 11.1. The number of amidine groups is 1. The maximum Gasteiger partial charge on any atom is 0.204 e. The van der Waals surface area contributed by atoms with Crippen LogP contribution in [0.1, 0.15) is 33.5 Å². The molecule has 0 aliphatic carbocycles. The van der Waals surface area contributed by atoms with E-state index in [0.29, 0.717) is 30.1 Å². The second-order valence-corrected chi connectivity index (χ2v) is 6.82. The number of aliphatic hydroxyl groups is 1. The van der Waals surface area contributed by atoms with Gasteiger partial charge in [-0.25, -0.2) is 4.99 Å². The summed E-state index contributed by atoms with van der Waals surface area (Å²) in [5.41, 5.74) is 4.01. The van der Waals surface area contributed by atoms with Crippen molar-refractivity contribution in [3.05, 3.63) is 58.7 Å². The molecule has 122 valence electrons. The summed E-state index contributed by atoms with van der Waals surface area (Å²) in [6, 6.07) is 11.8. The zero-order valence-corrected chi connectivity index (χ0v) is 14.1. The van der Waals surface area contributed by atoms with Crippen LogP contribution in [0.4, 0.5) is 11.4 Å². The Hall–Kier alpha value is -2.46. The summed E-state index contributed by atoms with van der Waals surface area (Å²) >= 11 is 0. The molecule has 0 aromatic heterocycles. The van der Waals surface area contributed by atoms with Crippen molar-refractivity contribution in [3.8, 4) is 0 Å². The Labute approximate surface area is 141 Å². The number of hydrogen-bond donors (Lipinski definition) is 1. The largest absolute Gasteiger partial charge is 0.374 e. The topological polar surface area (TPSA) is 52.9 Å². The molecule has 2 heterocycles. The molecule has 0 bridgehead atoms. The third-order valence-electron chi connectivity index (χ3n) is 5.12. The number of benzene rings is 2. The average Bonchev–Trinajstić information content (AvgIpc) is 2.89. The van der Waals surface area contributed by atoms with Crippen LogP contribution in [0, 0.1) is 20.8 Å². The Bertz CT molecular complexity index is 901. The lowest BCUT2D eigenvalue weighted by molar-refractivity contribution is 0.0602. The van der Waals surface area contributed by atoms with Crippen molar-refractivity contribution in [2.45, 2.75) is 32.8 Å². The molecule has 2 aromatic rings. The number of nitrogens with zero attached hydrogens (tertiary/aromatic N) is 2. The van der Waals surface area contributed by atoms with Crippen molar-refractivity contribution in [2.24, 2.45) is 4.99 Å². The summed E-state index contributed by atoms with van der Waals surface area (Å²) < 4.78 is 0. The van der Waals surface area contributed by atoms with E-state index >= 15 is 0 Å². The number of anilines is 1. The standard InChI is InChI=1S/C20H20N2O2/c1-12-4-7-17-16(10-12)18(23)20(24)8-9-22(19(20)21-17)15-6-5-13(2)14(3)11-15/h4-7,10-11,24H,8-9H2,1-3H3/t20-/m1/s1. The number of aliphatic imine (C=N–C) groups is 1. The van der Waals surface area contributed by atoms with Gasteiger partial charge in [-0.1, -0.05) is 17.7 Å². The lowest BCUT2D eigenvalue weighted by Crippen LogP contribution is -2.48. The third-order valence-corrected chi connectivity index (χ3v) is 5.12. The molecule has 0 saturated carbocycles. The van der Waals surface area contributed by atoms with Crippen LogP contribution in [0.2, 0.25) is 0 Å². The van der Waals surface area contributed by atoms with Gasteiger partial charge in [0.25, 0.3) is 0 Å². The molecule has 0 unspecified atom stereocenters. The molecule has 1 saturated heterocycles. The molecule has 0 spiro atoms. The van der Waals surface area contributed by atoms with Crippen LogP contribution in [0.25, 0.3) is 0 Å². The minimum absolute atomic E-state index is 0.238. The highest BCUT2D eigenvalue weighted by Gasteiger charge is 2.52. The van der Waals surface area contributed by atoms with Crippen LogP contribution in [0.15, 0.2) is 41.4 Å². The predicted octanol–water partition coefficient (Wildman–Crippen LogP) is 3.48. The van der Waals surface area contributed by atoms with Crippen LogP contribution >= 0.6 is 0 Å². The fourth-order valence-electron chi connectivity index (χ4n) is 3.49. The number of aryl methyl sites for hydroxylation is 3. The van der Waals surface area contributed by atoms with Gasteiger partial charge in [0.05, 0.1) is 5.69 Å². The monoisotopic (exact) mass is 320 g/mol. The van der Waals surface area contributed by atoms with Gasteiger partial charge in [-0.05, 0) is 56.2 Å². The summed E-state index contributed by atoms with van der Waals surface area (Å²) in [6.07, 6.45) is 0.366. The fourth-order valence-corrected chi connectivity index (χ4v) is 3.49. The van der Waals surface area contributed by atoms with Crippen LogP contribution in [0.5, 0.6) is 0 Å². The van der Waals surface area contributed by atoms with E-state index in [1.165, 1.54) is 11.1 Å². The highest BCUT2D eigenvalue weighted by Crippen LogP contribution is 2.39. The molecule has 1 fully saturated rings. The lowest BCUT2D eigenvalue weighted by atomic mass is 9.87. The molecule has 2 aliphatic rings. The van der Waals surface area contributed by atoms with E-state index in [1.54, 1.807) is 0 Å². The first-order chi connectivity index (χ1) is 11.4. The Kier molecular flexibility index (Phi) is 3.15. The summed E-state index contributed by atoms with van der Waals surface area (Å²) in [6.45, 7) is 6.65. The van der Waals surface area contributed by atoms with Crippen molar-refractivity contribution in [2.75, 3.05) is 11.4 Å². The van der Waals surface area contributed by atoms with Crippen molar-refractivity contribution < 1.29 is 9.90 Å². The Morgan fingerprint density at radius 2 is 1.88 bits per heavy atom. The number of hydrogen-bond acceptors (Lipinski definition) is 4. The predicted molar refractivity (Wildman–Crippen MR) is 95.4 cm³/mol. The highest BCUT2D eigenvalue weighted by molar-refractivity contribution is 6.28. The van der Waals surface area contributed by atoms with E-state index in [-0.39, 0.29) is 5.78 Å². The fraction of sp³-hybridized carbons (Fsp3) is 0.300. The van der Waals surface area contributed by atoms with Gasteiger partial charge in [0.15, 0.2) is 5.60 Å². The third kappa shape index (κ3) is 2.03. The molecule has 2 aliphatic heterocycles. The SMILES string of the molecule is Cc1ccc2c(c1)C(=O)[C@]1(O)CCN(c3ccc(C)c(C)c3)C1=N2. The molecule has 4 nitrogen and oxygen atoms in total. The molecular weight excluding hydrogens is 300 g/mol. The van der Waals surface area contributed by atoms with Crippen LogP contribution in [-0.2, 0) is 0 Å². The molecular formula is C20H20N2O2. The van der Waals surface area contributed by atoms with E-state index < -0.39 is 5.60 Å². The second kappa shape index (κ2) is 5.02. The van der Waals surface area contributed by atoms with E-state index in [1.807, 2.05) is 36.1 Å². The van der Waals surface area contributed by atoms with Gasteiger partial charge in [0, 0.05) is 24.2 Å². The number of carbonyl (C=O) groups excluding carboxylic acids is 1. The van der Waals surface area contributed by atoms with Crippen LogP contribution in [0.3, 0.4) is 0 Å². The Morgan fingerprint density at radius 1 is 1.08 bits per heavy atom. The molecule has 1 N–H and O–H groups in total. The second-order valence-electron chi connectivity index (χ2n) is 6.82. The van der Waals surface area contributed by atoms with Crippen molar-refractivity contribution >= 4 is 23.0 Å². The molecule has 4 heteroatoms. The van der Waals surface area contributed by atoms with Crippen molar-refractivity contribution in [1.82, 2.24) is 0 Å². The average molecular weight is 320 g/mol. The van der Waals surface area contributed by atoms with Gasteiger partial charge in [-0.3, -0.25) is 4.79 Å². The summed E-state index contributed by atoms with van der Waals surface area (Å²) in [4.78, 5) is 19.5. The van der Waals surface area contributed by atoms with Gasteiger partial charge < -0.3 is 10.0 Å². The highest BCUT2D eigenvalue weighted by atomic mass is 16.3. The first kappa shape index (κ1) is 15.1. The van der Waals surface area contributed by atoms with E-state index in [2.05, 4.69) is 31.0 Å². The molecule has 24 heavy (non-hydrogen) atoms. The minimum Gasteiger partial charge on any atom is -0.374 e. The maximum absolute atomic E-state index is 12.9. The van der Waals surface area contributed by atoms with E-state index in [4.69, 9.17) is 0 Å². The van der Waals surface area contributed by atoms with Gasteiger partial charge in [0.1, 0.15) is 5.84 Å². The van der Waals surface area contributed by atoms with Crippen molar-refractivity contribution in [3.63, 3.8) is 0 Å². The van der Waals surface area contributed by atoms with Crippen LogP contribution in [-0.4, -0.2) is 28.9 Å². The lowest BCUT2D eigenvalue weighted by Gasteiger charge is -2.30. The zero-order valence-electron chi connectivity index (χ0n) is 14.1. The number of carbonyl (C=O) groups is 1. The van der Waals surface area contributed by atoms with Crippen LogP contribution < -0.4 is 4.90 Å². The smallest absolute Gasteiger partial charge is 0.204 e. The molecule has 0 amide bonds. The molecule has 1 atom stereocenters. The van der Waals surface area contributed by atoms with E-state index in [0.717, 1.165) is 11.3 Å². The number of ketones is 1. The molecule has 4 rings (SSSR count). The van der Waals surface area contributed by atoms with Gasteiger partial charge in [0.2, 0.25) is 5.78 Å². The normalized spacial score (nSPS) is 22.2. The Balaban J connectivity index is 1.86. The minimum atomic E-state index is -1.51. The first-order valence-electron chi connectivity index (χ1n) is 8.22. The summed E-state index contributed by atoms with van der Waals surface area (Å²) in [5.74, 6) is 0.213. The zero-order chi connectivity index (χ0) is 17.1. The van der Waals surface area contributed by atoms with Gasteiger partial charge in [-0.2, -0.15) is 0 Å². The van der Waals surface area contributed by atoms with E-state index in [9.17, 15) is 9.90 Å². The van der Waals surface area contributed by atoms with Crippen molar-refractivity contribution in [1.29, 1.82) is 0 Å². The quantitative estimate of drug-likeness (QED) is 0.875. The Morgan fingerprint density at radius 3 is 2.62 bits per heavy atom. The number of Topliss-reactive ketones (excluding diaryl/α,β-unsaturated/α-hetero) is 1. The number of rotatable bonds is 1. The first-order valence-corrected chi connectivity index (χ1v) is 8.22. The summed E-state index contributed by atoms with van der Waals surface area (Å²) in [7, 11) is 0. The van der Waals surface area contributed by atoms with Gasteiger partial charge >= 0.3 is 0 Å².